The summed E-state index contributed by atoms with van der Waals surface area (Å²) >= 11 is 0. The predicted molar refractivity (Wildman–Crippen MR) is 37.6 cm³/mol. The quantitative estimate of drug-likeness (QED) is 0.555. The highest BCUT2D eigenvalue weighted by atomic mass is 31.1. The molecule has 46 valence electrons. The first kappa shape index (κ1) is 7.64. The molecule has 0 heterocycles. The van der Waals surface area contributed by atoms with Crippen molar-refractivity contribution in [2.45, 2.75) is 6.42 Å². The molecule has 2 nitrogen and oxygen atoms in total. The van der Waals surface area contributed by atoms with Gasteiger partial charge in [-0.15, -0.1) is 8.20 Å². The summed E-state index contributed by atoms with van der Waals surface area (Å²) in [5.74, 6) is 0.0983. The van der Waals surface area contributed by atoms with E-state index in [4.69, 9.17) is 0 Å². The molecular formula is C5H10NOP. The third-order valence-electron chi connectivity index (χ3n) is 0.776. The summed E-state index contributed by atoms with van der Waals surface area (Å²) < 4.78 is 0. The van der Waals surface area contributed by atoms with Crippen molar-refractivity contribution in [1.29, 1.82) is 0 Å². The highest BCUT2D eigenvalue weighted by molar-refractivity contribution is 7.36. The fraction of sp³-hybridized carbons (Fsp3) is 0.600. The van der Waals surface area contributed by atoms with Gasteiger partial charge in [0.2, 0.25) is 5.91 Å². The van der Waals surface area contributed by atoms with Gasteiger partial charge in [0, 0.05) is 13.5 Å². The second kappa shape index (κ2) is 4.79. The van der Waals surface area contributed by atoms with Crippen LogP contribution in [0.1, 0.15) is 6.42 Å². The minimum Gasteiger partial charge on any atom is -0.359 e. The molecule has 0 radical (unpaired) electrons. The number of hydrogen-bond acceptors (Lipinski definition) is 1. The second-order valence-electron chi connectivity index (χ2n) is 1.37. The van der Waals surface area contributed by atoms with Gasteiger partial charge in [-0.05, 0) is 6.16 Å². The SMILES string of the molecule is C=PCCC(=O)NC. The molecule has 0 aromatic rings. The average Bonchev–Trinajstić information content (AvgIpc) is 1.83. The Morgan fingerprint density at radius 2 is 2.50 bits per heavy atom. The third kappa shape index (κ3) is 3.82. The van der Waals surface area contributed by atoms with E-state index in [1.165, 1.54) is 0 Å². The molecule has 1 amide bonds. The molecule has 0 atom stereocenters. The van der Waals surface area contributed by atoms with Crippen LogP contribution in [0.4, 0.5) is 0 Å². The molecule has 0 rings (SSSR count). The maximum absolute atomic E-state index is 10.4. The Morgan fingerprint density at radius 1 is 1.88 bits per heavy atom. The first-order valence-electron chi connectivity index (χ1n) is 2.44. The number of rotatable bonds is 3. The summed E-state index contributed by atoms with van der Waals surface area (Å²) in [6, 6.07) is 0. The minimum atomic E-state index is 0.0983. The van der Waals surface area contributed by atoms with Crippen LogP contribution in [-0.4, -0.2) is 25.4 Å². The first-order chi connectivity index (χ1) is 3.81. The Bertz CT molecular complexity index is 92.4. The molecule has 8 heavy (non-hydrogen) atoms. The molecule has 0 aromatic carbocycles. The van der Waals surface area contributed by atoms with Crippen molar-refractivity contribution >= 4 is 20.4 Å². The molecule has 0 fully saturated rings. The lowest BCUT2D eigenvalue weighted by Crippen LogP contribution is -2.17. The van der Waals surface area contributed by atoms with Crippen LogP contribution in [0.5, 0.6) is 0 Å². The molecule has 0 saturated heterocycles. The van der Waals surface area contributed by atoms with Crippen LogP contribution in [-0.2, 0) is 4.79 Å². The Labute approximate surface area is 51.1 Å². The van der Waals surface area contributed by atoms with Gasteiger partial charge in [-0.2, -0.15) is 0 Å². The molecule has 0 saturated carbocycles. The zero-order chi connectivity index (χ0) is 6.41. The molecule has 1 N–H and O–H groups in total. The van der Waals surface area contributed by atoms with Crippen molar-refractivity contribution in [3.05, 3.63) is 0 Å². The Hall–Kier alpha value is -0.360. The summed E-state index contributed by atoms with van der Waals surface area (Å²) in [6.07, 6.45) is 5.04. The monoisotopic (exact) mass is 131 g/mol. The lowest BCUT2D eigenvalue weighted by Gasteiger charge is -1.91. The van der Waals surface area contributed by atoms with Crippen molar-refractivity contribution in [3.63, 3.8) is 0 Å². The van der Waals surface area contributed by atoms with Crippen molar-refractivity contribution in [3.8, 4) is 0 Å². The molecule has 0 aliphatic rings. The van der Waals surface area contributed by atoms with Gasteiger partial charge in [-0.25, -0.2) is 0 Å². The summed E-state index contributed by atoms with van der Waals surface area (Å²) in [4.78, 5) is 10.4. The number of amides is 1. The van der Waals surface area contributed by atoms with E-state index in [9.17, 15) is 4.79 Å². The Kier molecular flexibility index (Phi) is 4.58. The zero-order valence-electron chi connectivity index (χ0n) is 4.98. The summed E-state index contributed by atoms with van der Waals surface area (Å²) in [6.45, 7) is 0. The average molecular weight is 131 g/mol. The second-order valence-corrected chi connectivity index (χ2v) is 2.26. The number of hydrogen-bond donors (Lipinski definition) is 1. The van der Waals surface area contributed by atoms with E-state index in [0.29, 0.717) is 6.42 Å². The van der Waals surface area contributed by atoms with E-state index in [0.717, 1.165) is 14.4 Å². The fourth-order valence-corrected chi connectivity index (χ4v) is 0.667. The van der Waals surface area contributed by atoms with Crippen molar-refractivity contribution in [1.82, 2.24) is 5.32 Å². The molecule has 0 aromatic heterocycles. The van der Waals surface area contributed by atoms with Crippen molar-refractivity contribution in [2.24, 2.45) is 0 Å². The topological polar surface area (TPSA) is 29.1 Å². The number of nitrogens with one attached hydrogen (secondary N) is 1. The van der Waals surface area contributed by atoms with Crippen LogP contribution in [0.15, 0.2) is 0 Å². The summed E-state index contributed by atoms with van der Waals surface area (Å²) in [7, 11) is 2.68. The van der Waals surface area contributed by atoms with E-state index < -0.39 is 0 Å². The van der Waals surface area contributed by atoms with Gasteiger partial charge in [0.05, 0.1) is 0 Å². The van der Waals surface area contributed by atoms with Crippen molar-refractivity contribution < 1.29 is 4.79 Å². The van der Waals surface area contributed by atoms with Gasteiger partial charge >= 0.3 is 0 Å². The predicted octanol–water partition coefficient (Wildman–Crippen LogP) is 0.501. The summed E-state index contributed by atoms with van der Waals surface area (Å²) in [5, 5.41) is 2.53. The Morgan fingerprint density at radius 3 is 2.88 bits per heavy atom. The molecular weight excluding hydrogens is 121 g/mol. The van der Waals surface area contributed by atoms with Crippen LogP contribution in [0.3, 0.4) is 0 Å². The molecule has 0 bridgehead atoms. The smallest absolute Gasteiger partial charge is 0.220 e. The third-order valence-corrected chi connectivity index (χ3v) is 1.32. The maximum atomic E-state index is 10.4. The normalized spacial score (nSPS) is 9.12. The van der Waals surface area contributed by atoms with Crippen molar-refractivity contribution in [2.75, 3.05) is 13.2 Å². The van der Waals surface area contributed by atoms with E-state index >= 15 is 0 Å². The lowest BCUT2D eigenvalue weighted by molar-refractivity contribution is -0.120. The number of carbonyl (C=O) groups is 1. The Balaban J connectivity index is 3.11. The van der Waals surface area contributed by atoms with Crippen LogP contribution >= 0.6 is 8.20 Å². The van der Waals surface area contributed by atoms with Crippen LogP contribution in [0, 0.1) is 0 Å². The van der Waals surface area contributed by atoms with Gasteiger partial charge in [-0.3, -0.25) is 4.79 Å². The van der Waals surface area contributed by atoms with E-state index in [1.807, 2.05) is 0 Å². The van der Waals surface area contributed by atoms with Crippen LogP contribution in [0.2, 0.25) is 0 Å². The highest BCUT2D eigenvalue weighted by Gasteiger charge is 1.91. The molecule has 3 heteroatoms. The van der Waals surface area contributed by atoms with Gasteiger partial charge in [0.25, 0.3) is 0 Å². The van der Waals surface area contributed by atoms with Gasteiger partial charge in [-0.1, -0.05) is 6.30 Å². The summed E-state index contributed by atoms with van der Waals surface area (Å²) in [5.41, 5.74) is 0. The molecule has 0 spiro atoms. The lowest BCUT2D eigenvalue weighted by atomic mass is 10.5. The van der Waals surface area contributed by atoms with Gasteiger partial charge in [0.15, 0.2) is 0 Å². The largest absolute Gasteiger partial charge is 0.359 e. The number of carbonyl (C=O) groups excluding carboxylic acids is 1. The zero-order valence-corrected chi connectivity index (χ0v) is 5.87. The molecule has 0 unspecified atom stereocenters. The fourth-order valence-electron chi connectivity index (χ4n) is 0.306. The van der Waals surface area contributed by atoms with Gasteiger partial charge < -0.3 is 5.32 Å². The first-order valence-corrected chi connectivity index (χ1v) is 3.71. The minimum absolute atomic E-state index is 0.0983. The van der Waals surface area contributed by atoms with Crippen LogP contribution < -0.4 is 5.32 Å². The maximum Gasteiger partial charge on any atom is 0.220 e. The standard InChI is InChI=1S/C5H10NOP/c1-6-5(7)3-4-8-2/h2-4H2,1H3,(H,6,7). The molecule has 0 aliphatic carbocycles. The van der Waals surface area contributed by atoms with E-state index in [-0.39, 0.29) is 5.91 Å². The van der Waals surface area contributed by atoms with E-state index in [2.05, 4.69) is 11.6 Å². The van der Waals surface area contributed by atoms with Gasteiger partial charge in [0.1, 0.15) is 0 Å². The van der Waals surface area contributed by atoms with Crippen LogP contribution in [0.25, 0.3) is 0 Å². The highest BCUT2D eigenvalue weighted by Crippen LogP contribution is 1.92. The molecule has 0 aliphatic heterocycles. The van der Waals surface area contributed by atoms with E-state index in [1.54, 1.807) is 7.05 Å².